The molecule has 0 saturated heterocycles. The van der Waals surface area contributed by atoms with Crippen molar-refractivity contribution in [1.82, 2.24) is 10.4 Å². The van der Waals surface area contributed by atoms with Crippen molar-refractivity contribution in [3.8, 4) is 11.8 Å². The molecule has 2 aromatic carbocycles. The van der Waals surface area contributed by atoms with Crippen LogP contribution in [0.25, 0.3) is 0 Å². The fraction of sp³-hybridized carbons (Fsp3) is 0.0833. The normalized spacial score (nSPS) is 15.3. The van der Waals surface area contributed by atoms with E-state index in [0.717, 1.165) is 5.56 Å². The molecule has 3 aromatic rings. The number of carbonyl (C=O) groups excluding carboxylic acids is 2. The molecule has 0 spiro atoms. The molecule has 0 fully saturated rings. The predicted octanol–water partition coefficient (Wildman–Crippen LogP) is 2.76. The predicted molar refractivity (Wildman–Crippen MR) is 119 cm³/mol. The molecule has 0 radical (unpaired) electrons. The third kappa shape index (κ3) is 4.77. The number of hydrazine groups is 1. The Kier molecular flexibility index (Phi) is 5.72. The second kappa shape index (κ2) is 8.93. The smallest absolute Gasteiger partial charge is 0.292 e. The maximum atomic E-state index is 12.8. The molecular weight excluding hydrogens is 390 g/mol. The summed E-state index contributed by atoms with van der Waals surface area (Å²) < 4.78 is 0. The van der Waals surface area contributed by atoms with Crippen molar-refractivity contribution < 1.29 is 9.59 Å². The number of hydrogen-bond donors (Lipinski definition) is 2. The number of carbonyl (C=O) groups is 2. The van der Waals surface area contributed by atoms with Crippen molar-refractivity contribution in [2.75, 3.05) is 10.3 Å². The van der Waals surface area contributed by atoms with E-state index in [1.165, 1.54) is 5.01 Å². The molecule has 1 aromatic heterocycles. The summed E-state index contributed by atoms with van der Waals surface area (Å²) in [4.78, 5) is 33.7. The number of para-hydroxylation sites is 1. The maximum absolute atomic E-state index is 12.8. The molecule has 0 bridgehead atoms. The van der Waals surface area contributed by atoms with Gasteiger partial charge in [0.2, 0.25) is 5.84 Å². The first-order valence-electron chi connectivity index (χ1n) is 9.68. The van der Waals surface area contributed by atoms with Crippen LogP contribution in [0.4, 0.5) is 11.4 Å². The number of benzene rings is 2. The molecular formula is C24H19N5O2. The van der Waals surface area contributed by atoms with Crippen molar-refractivity contribution in [3.63, 3.8) is 0 Å². The number of rotatable bonds is 3. The maximum Gasteiger partial charge on any atom is 0.292 e. The van der Waals surface area contributed by atoms with Gasteiger partial charge < -0.3 is 5.32 Å². The Bertz CT molecular complexity index is 1200. The average molecular weight is 409 g/mol. The summed E-state index contributed by atoms with van der Waals surface area (Å²) in [5.41, 5.74) is 5.41. The fourth-order valence-electron chi connectivity index (χ4n) is 2.94. The summed E-state index contributed by atoms with van der Waals surface area (Å²) in [5.74, 6) is 5.38. The average Bonchev–Trinajstić information content (AvgIpc) is 2.81. The quantitative estimate of drug-likeness (QED) is 0.652. The highest BCUT2D eigenvalue weighted by atomic mass is 16.2. The van der Waals surface area contributed by atoms with E-state index >= 15 is 0 Å². The Morgan fingerprint density at radius 2 is 1.84 bits per heavy atom. The van der Waals surface area contributed by atoms with Gasteiger partial charge >= 0.3 is 0 Å². The number of pyridine rings is 1. The summed E-state index contributed by atoms with van der Waals surface area (Å²) in [6.07, 6.45) is 1.68. The largest absolute Gasteiger partial charge is 0.319 e. The lowest BCUT2D eigenvalue weighted by Crippen LogP contribution is -2.57. The van der Waals surface area contributed by atoms with Crippen molar-refractivity contribution >= 4 is 29.0 Å². The van der Waals surface area contributed by atoms with E-state index < -0.39 is 11.9 Å². The molecule has 152 valence electrons. The Labute approximate surface area is 179 Å². The van der Waals surface area contributed by atoms with Gasteiger partial charge in [-0.05, 0) is 55.3 Å². The molecule has 0 unspecified atom stereocenters. The van der Waals surface area contributed by atoms with Crippen LogP contribution in [0.5, 0.6) is 0 Å². The number of aliphatic imine (C=N–C) groups is 1. The molecule has 0 saturated carbocycles. The highest BCUT2D eigenvalue weighted by Gasteiger charge is 2.30. The third-order valence-electron chi connectivity index (χ3n) is 4.47. The van der Waals surface area contributed by atoms with Gasteiger partial charge in [0.05, 0.1) is 5.69 Å². The van der Waals surface area contributed by atoms with Crippen LogP contribution >= 0.6 is 0 Å². The van der Waals surface area contributed by atoms with Gasteiger partial charge in [0.15, 0.2) is 0 Å². The lowest BCUT2D eigenvalue weighted by atomic mass is 10.2. The van der Waals surface area contributed by atoms with Crippen LogP contribution in [0, 0.1) is 11.8 Å². The first kappa shape index (κ1) is 19.9. The minimum absolute atomic E-state index is 0.0564. The van der Waals surface area contributed by atoms with Crippen LogP contribution in [0.2, 0.25) is 0 Å². The van der Waals surface area contributed by atoms with Gasteiger partial charge in [0, 0.05) is 17.4 Å². The first-order valence-corrected chi connectivity index (χ1v) is 9.68. The number of nitrogens with zero attached hydrogens (tertiary/aromatic N) is 3. The summed E-state index contributed by atoms with van der Waals surface area (Å²) >= 11 is 0. The van der Waals surface area contributed by atoms with Crippen LogP contribution in [0.1, 0.15) is 18.2 Å². The summed E-state index contributed by atoms with van der Waals surface area (Å²) in [7, 11) is 0. The Morgan fingerprint density at radius 3 is 2.61 bits per heavy atom. The zero-order chi connectivity index (χ0) is 21.6. The van der Waals surface area contributed by atoms with E-state index in [1.807, 2.05) is 42.5 Å². The monoisotopic (exact) mass is 409 g/mol. The van der Waals surface area contributed by atoms with Crippen molar-refractivity contribution in [2.45, 2.75) is 13.0 Å². The highest BCUT2D eigenvalue weighted by Crippen LogP contribution is 2.17. The second-order valence-corrected chi connectivity index (χ2v) is 6.77. The van der Waals surface area contributed by atoms with Crippen LogP contribution in [0.3, 0.4) is 0 Å². The van der Waals surface area contributed by atoms with E-state index in [2.05, 4.69) is 32.6 Å². The highest BCUT2D eigenvalue weighted by molar-refractivity contribution is 6.43. The van der Waals surface area contributed by atoms with Gasteiger partial charge in [-0.15, -0.1) is 0 Å². The van der Waals surface area contributed by atoms with Gasteiger partial charge in [0.25, 0.3) is 11.8 Å². The molecule has 4 rings (SSSR count). The van der Waals surface area contributed by atoms with E-state index in [1.54, 1.807) is 43.5 Å². The molecule has 7 heteroatoms. The minimum atomic E-state index is -0.683. The molecule has 31 heavy (non-hydrogen) atoms. The number of nitrogens with one attached hydrogen (secondary N) is 2. The SMILES string of the molecule is C[C@@H]1N=C(C(=O)Nc2cccc(C#Cc3ccccn3)c2)NN(c2ccccc2)C1=O. The zero-order valence-corrected chi connectivity index (χ0v) is 16.7. The van der Waals surface area contributed by atoms with Crippen molar-refractivity contribution in [2.24, 2.45) is 4.99 Å². The minimum Gasteiger partial charge on any atom is -0.319 e. The van der Waals surface area contributed by atoms with Gasteiger partial charge in [-0.1, -0.05) is 36.3 Å². The van der Waals surface area contributed by atoms with Crippen molar-refractivity contribution in [3.05, 3.63) is 90.3 Å². The van der Waals surface area contributed by atoms with Gasteiger partial charge in [-0.3, -0.25) is 15.0 Å². The number of anilines is 2. The Hall–Kier alpha value is -4.44. The number of aromatic nitrogens is 1. The topological polar surface area (TPSA) is 86.7 Å². The van der Waals surface area contributed by atoms with Crippen LogP contribution in [0.15, 0.2) is 84.0 Å². The van der Waals surface area contributed by atoms with E-state index in [-0.39, 0.29) is 11.7 Å². The molecule has 0 aliphatic carbocycles. The molecule has 1 aliphatic heterocycles. The lowest BCUT2D eigenvalue weighted by molar-refractivity contribution is -0.120. The Morgan fingerprint density at radius 1 is 1.03 bits per heavy atom. The van der Waals surface area contributed by atoms with Crippen LogP contribution in [-0.4, -0.2) is 28.7 Å². The van der Waals surface area contributed by atoms with E-state index in [4.69, 9.17) is 0 Å². The van der Waals surface area contributed by atoms with Gasteiger partial charge in [-0.2, -0.15) is 0 Å². The van der Waals surface area contributed by atoms with Crippen LogP contribution in [-0.2, 0) is 9.59 Å². The van der Waals surface area contributed by atoms with Gasteiger partial charge in [0.1, 0.15) is 11.7 Å². The van der Waals surface area contributed by atoms with E-state index in [0.29, 0.717) is 17.1 Å². The van der Waals surface area contributed by atoms with Crippen molar-refractivity contribution in [1.29, 1.82) is 0 Å². The molecule has 2 N–H and O–H groups in total. The first-order chi connectivity index (χ1) is 15.1. The molecule has 7 nitrogen and oxygen atoms in total. The fourth-order valence-corrected chi connectivity index (χ4v) is 2.94. The van der Waals surface area contributed by atoms with Crippen LogP contribution < -0.4 is 15.8 Å². The number of amidine groups is 1. The third-order valence-corrected chi connectivity index (χ3v) is 4.47. The summed E-state index contributed by atoms with van der Waals surface area (Å²) in [5, 5.41) is 4.14. The zero-order valence-electron chi connectivity index (χ0n) is 16.7. The summed E-state index contributed by atoms with van der Waals surface area (Å²) in [6, 6.07) is 21.1. The van der Waals surface area contributed by atoms with Gasteiger partial charge in [-0.25, -0.2) is 15.0 Å². The lowest BCUT2D eigenvalue weighted by Gasteiger charge is -2.30. The molecule has 2 heterocycles. The molecule has 1 atom stereocenters. The summed E-state index contributed by atoms with van der Waals surface area (Å²) in [6.45, 7) is 1.65. The number of hydrogen-bond acceptors (Lipinski definition) is 5. The molecule has 1 aliphatic rings. The Balaban J connectivity index is 1.50. The number of amides is 2. The standard InChI is InChI=1S/C24H19N5O2/c1-17-24(31)29(21-11-3-2-4-12-21)28-22(26-17)23(30)27-20-10-7-8-18(16-20)13-14-19-9-5-6-15-25-19/h2-12,15-17H,1H3,(H,26,28)(H,27,30)/t17-/m0/s1. The molecule has 2 amide bonds. The van der Waals surface area contributed by atoms with E-state index in [9.17, 15) is 9.59 Å². The second-order valence-electron chi connectivity index (χ2n) is 6.77.